The van der Waals surface area contributed by atoms with Crippen LogP contribution < -0.4 is 0 Å². The molecule has 0 spiro atoms. The van der Waals surface area contributed by atoms with E-state index >= 15 is 0 Å². The first kappa shape index (κ1) is 10.5. The molecule has 3 heteroatoms. The normalized spacial score (nSPS) is 12.1. The minimum atomic E-state index is -2.03. The Labute approximate surface area is 73.6 Å². The average molecular weight is 197 g/mol. The quantitative estimate of drug-likeness (QED) is 0.476. The van der Waals surface area contributed by atoms with Gasteiger partial charge in [0.2, 0.25) is 0 Å². The Morgan fingerprint density at radius 2 is 2.00 bits per heavy atom. The summed E-state index contributed by atoms with van der Waals surface area (Å²) in [6.07, 6.45) is 1.10. The van der Waals surface area contributed by atoms with Gasteiger partial charge in [0, 0.05) is 0 Å². The van der Waals surface area contributed by atoms with Gasteiger partial charge in [-0.05, 0) is 12.0 Å². The number of hydrogen-bond acceptors (Lipinski definition) is 0. The molecule has 0 radical (unpaired) electrons. The molecule has 60 valence electrons. The fourth-order valence-corrected chi connectivity index (χ4v) is 2.40. The van der Waals surface area contributed by atoms with E-state index in [1.165, 1.54) is 0 Å². The Morgan fingerprint density at radius 3 is 2.30 bits per heavy atom. The largest absolute Gasteiger partial charge is 0.273 e. The first-order chi connectivity index (χ1) is 4.48. The van der Waals surface area contributed by atoms with E-state index in [1.54, 1.807) is 5.70 Å². The maximum absolute atomic E-state index is 5.95. The second kappa shape index (κ2) is 4.42. The molecule has 0 aliphatic heterocycles. The van der Waals surface area contributed by atoms with Crippen LogP contribution in [0.3, 0.4) is 0 Å². The van der Waals surface area contributed by atoms with Crippen molar-refractivity contribution in [2.45, 2.75) is 26.3 Å². The van der Waals surface area contributed by atoms with E-state index in [-0.39, 0.29) is 0 Å². The molecule has 0 rings (SSSR count). The van der Waals surface area contributed by atoms with E-state index in [0.717, 1.165) is 12.5 Å². The molecule has 0 saturated carbocycles. The maximum Gasteiger partial charge on any atom is 0.273 e. The van der Waals surface area contributed by atoms with Gasteiger partial charge in [0.1, 0.15) is 0 Å². The van der Waals surface area contributed by atoms with Crippen LogP contribution >= 0.6 is 22.2 Å². The Hall–Kier alpha value is 0.537. The van der Waals surface area contributed by atoms with Gasteiger partial charge >= 0.3 is 0 Å². The summed E-state index contributed by atoms with van der Waals surface area (Å²) in [5, 5.41) is 0. The van der Waals surface area contributed by atoms with Crippen LogP contribution in [0.5, 0.6) is 0 Å². The first-order valence-electron chi connectivity index (χ1n) is 3.49. The Kier molecular flexibility index (Phi) is 4.66. The number of rotatable bonds is 4. The van der Waals surface area contributed by atoms with E-state index < -0.39 is 6.69 Å². The fraction of sp³-hybridized carbons (Fsp3) is 0.714. The van der Waals surface area contributed by atoms with Crippen molar-refractivity contribution in [3.8, 4) is 0 Å². The van der Waals surface area contributed by atoms with Gasteiger partial charge in [-0.25, -0.2) is 0 Å². The van der Waals surface area contributed by atoms with Crippen molar-refractivity contribution in [3.63, 3.8) is 0 Å². The van der Waals surface area contributed by atoms with Crippen molar-refractivity contribution in [1.82, 2.24) is 0 Å². The standard InChI is InChI=1S/C7H14Cl2Si/c1-4-10(8,9)6-5-7(2)3/h4,7H,1,5-6H2,2-3H3. The minimum Gasteiger partial charge on any atom is -0.140 e. The molecule has 0 atom stereocenters. The average Bonchev–Trinajstić information content (AvgIpc) is 1.85. The number of hydrogen-bond donors (Lipinski definition) is 0. The van der Waals surface area contributed by atoms with Crippen LogP contribution in [-0.4, -0.2) is 6.69 Å². The molecule has 0 amide bonds. The Morgan fingerprint density at radius 1 is 1.50 bits per heavy atom. The lowest BCUT2D eigenvalue weighted by Gasteiger charge is -2.11. The predicted molar refractivity (Wildman–Crippen MR) is 51.9 cm³/mol. The highest BCUT2D eigenvalue weighted by molar-refractivity contribution is 7.47. The molecule has 0 bridgehead atoms. The zero-order valence-electron chi connectivity index (χ0n) is 6.53. The van der Waals surface area contributed by atoms with Crippen LogP contribution in [0.15, 0.2) is 12.3 Å². The highest BCUT2D eigenvalue weighted by Gasteiger charge is 2.23. The van der Waals surface area contributed by atoms with Crippen LogP contribution in [0.4, 0.5) is 0 Å². The summed E-state index contributed by atoms with van der Waals surface area (Å²) in [7, 11) is 0. The van der Waals surface area contributed by atoms with E-state index in [4.69, 9.17) is 22.2 Å². The van der Waals surface area contributed by atoms with Crippen molar-refractivity contribution in [3.05, 3.63) is 12.3 Å². The summed E-state index contributed by atoms with van der Waals surface area (Å²) in [6, 6.07) is 0.928. The van der Waals surface area contributed by atoms with Gasteiger partial charge in [0.15, 0.2) is 0 Å². The molecule has 0 N–H and O–H groups in total. The monoisotopic (exact) mass is 196 g/mol. The van der Waals surface area contributed by atoms with Gasteiger partial charge in [-0.1, -0.05) is 26.0 Å². The second-order valence-corrected chi connectivity index (χ2v) is 9.96. The van der Waals surface area contributed by atoms with Gasteiger partial charge in [0.05, 0.1) is 0 Å². The highest BCUT2D eigenvalue weighted by Crippen LogP contribution is 2.25. The predicted octanol–water partition coefficient (Wildman–Crippen LogP) is 3.68. The van der Waals surface area contributed by atoms with E-state index in [1.807, 2.05) is 0 Å². The van der Waals surface area contributed by atoms with Gasteiger partial charge in [-0.3, -0.25) is 0 Å². The van der Waals surface area contributed by atoms with Crippen LogP contribution in [0.25, 0.3) is 0 Å². The lowest BCUT2D eigenvalue weighted by atomic mass is 10.2. The first-order valence-corrected chi connectivity index (χ1v) is 7.80. The number of halogens is 2. The van der Waals surface area contributed by atoms with Gasteiger partial charge in [-0.2, -0.15) is 0 Å². The Bertz CT molecular complexity index is 110. The van der Waals surface area contributed by atoms with Crippen molar-refractivity contribution in [1.29, 1.82) is 0 Å². The molecule has 0 aromatic heterocycles. The lowest BCUT2D eigenvalue weighted by Crippen LogP contribution is -2.15. The second-order valence-electron chi connectivity index (χ2n) is 2.90. The molecular formula is C7H14Cl2Si. The summed E-state index contributed by atoms with van der Waals surface area (Å²) in [4.78, 5) is 0. The molecule has 0 unspecified atom stereocenters. The van der Waals surface area contributed by atoms with Crippen LogP contribution in [-0.2, 0) is 0 Å². The third-order valence-corrected chi connectivity index (χ3v) is 4.97. The van der Waals surface area contributed by atoms with Gasteiger partial charge in [-0.15, -0.1) is 28.7 Å². The molecule has 0 aromatic rings. The molecule has 0 fully saturated rings. The van der Waals surface area contributed by atoms with Crippen LogP contribution in [0, 0.1) is 5.92 Å². The molecule has 0 aromatic carbocycles. The summed E-state index contributed by atoms with van der Waals surface area (Å²) < 4.78 is 0. The van der Waals surface area contributed by atoms with E-state index in [2.05, 4.69) is 20.4 Å². The third-order valence-electron chi connectivity index (χ3n) is 1.35. The van der Waals surface area contributed by atoms with E-state index in [0.29, 0.717) is 5.92 Å². The van der Waals surface area contributed by atoms with E-state index in [9.17, 15) is 0 Å². The van der Waals surface area contributed by atoms with Gasteiger partial charge in [0.25, 0.3) is 6.69 Å². The van der Waals surface area contributed by atoms with Crippen molar-refractivity contribution in [2.75, 3.05) is 0 Å². The SMILES string of the molecule is C=C[Si](Cl)(Cl)CCC(C)C. The van der Waals surface area contributed by atoms with Crippen LogP contribution in [0.1, 0.15) is 20.3 Å². The smallest absolute Gasteiger partial charge is 0.140 e. The maximum atomic E-state index is 5.95. The van der Waals surface area contributed by atoms with Crippen molar-refractivity contribution < 1.29 is 0 Å². The van der Waals surface area contributed by atoms with Crippen molar-refractivity contribution >= 4 is 28.9 Å². The summed E-state index contributed by atoms with van der Waals surface area (Å²) in [5.41, 5.74) is 1.72. The third kappa shape index (κ3) is 5.33. The molecule has 0 nitrogen and oxygen atoms in total. The summed E-state index contributed by atoms with van der Waals surface area (Å²) in [5.74, 6) is 0.685. The lowest BCUT2D eigenvalue weighted by molar-refractivity contribution is 0.623. The highest BCUT2D eigenvalue weighted by atomic mass is 35.7. The Balaban J connectivity index is 3.56. The van der Waals surface area contributed by atoms with Crippen molar-refractivity contribution in [2.24, 2.45) is 5.92 Å². The van der Waals surface area contributed by atoms with Crippen LogP contribution in [0.2, 0.25) is 6.04 Å². The fourth-order valence-electron chi connectivity index (χ4n) is 0.583. The molecular weight excluding hydrogens is 183 g/mol. The molecule has 0 saturated heterocycles. The molecule has 0 heterocycles. The zero-order valence-corrected chi connectivity index (χ0v) is 9.04. The molecule has 0 aliphatic carbocycles. The van der Waals surface area contributed by atoms with Gasteiger partial charge < -0.3 is 0 Å². The minimum absolute atomic E-state index is 0.685. The molecule has 0 aliphatic rings. The summed E-state index contributed by atoms with van der Waals surface area (Å²) >= 11 is 11.9. The molecule has 10 heavy (non-hydrogen) atoms. The topological polar surface area (TPSA) is 0 Å². The summed E-state index contributed by atoms with van der Waals surface area (Å²) in [6.45, 7) is 5.91. The zero-order chi connectivity index (χ0) is 8.20.